The lowest BCUT2D eigenvalue weighted by Gasteiger charge is -2.13. The number of rotatable bonds is 7. The molecule has 0 amide bonds. The van der Waals surface area contributed by atoms with Crippen LogP contribution in [0.15, 0.2) is 12.1 Å². The maximum Gasteiger partial charge on any atom is 0.142 e. The Morgan fingerprint density at radius 2 is 2.12 bits per heavy atom. The summed E-state index contributed by atoms with van der Waals surface area (Å²) < 4.78 is 5.76. The Kier molecular flexibility index (Phi) is 5.98. The summed E-state index contributed by atoms with van der Waals surface area (Å²) in [6, 6.07) is 4.48. The first-order valence-corrected chi connectivity index (χ1v) is 6.46. The van der Waals surface area contributed by atoms with Gasteiger partial charge in [0, 0.05) is 18.3 Å². The average molecular weight is 236 g/mol. The Bertz CT molecular complexity index is 337. The van der Waals surface area contributed by atoms with Gasteiger partial charge in [-0.05, 0) is 25.5 Å². The van der Waals surface area contributed by atoms with E-state index in [1.807, 2.05) is 19.1 Å². The summed E-state index contributed by atoms with van der Waals surface area (Å²) in [6.45, 7) is 9.98. The molecule has 0 bridgehead atoms. The summed E-state index contributed by atoms with van der Waals surface area (Å²) in [5.74, 6) is 0.914. The van der Waals surface area contributed by atoms with Gasteiger partial charge in [0.25, 0.3) is 0 Å². The van der Waals surface area contributed by atoms with Crippen molar-refractivity contribution in [3.63, 3.8) is 0 Å². The zero-order chi connectivity index (χ0) is 12.7. The summed E-state index contributed by atoms with van der Waals surface area (Å²) in [4.78, 5) is 4.54. The predicted molar refractivity (Wildman–Crippen MR) is 71.4 cm³/mol. The number of nitrogens with one attached hydrogen (secondary N) is 1. The molecule has 0 aliphatic rings. The molecule has 96 valence electrons. The fraction of sp³-hybridized carbons (Fsp3) is 0.643. The molecule has 0 atom stereocenters. The molecule has 0 saturated heterocycles. The van der Waals surface area contributed by atoms with Crippen molar-refractivity contribution < 1.29 is 4.74 Å². The maximum absolute atomic E-state index is 5.76. The van der Waals surface area contributed by atoms with Gasteiger partial charge in [-0.1, -0.05) is 27.2 Å². The van der Waals surface area contributed by atoms with Gasteiger partial charge in [0.1, 0.15) is 5.75 Å². The normalized spacial score (nSPS) is 10.9. The van der Waals surface area contributed by atoms with Crippen LogP contribution in [0, 0.1) is 6.92 Å². The molecule has 0 aromatic carbocycles. The van der Waals surface area contributed by atoms with Crippen molar-refractivity contribution in [2.24, 2.45) is 0 Å². The van der Waals surface area contributed by atoms with Crippen molar-refractivity contribution >= 4 is 0 Å². The number of pyridine rings is 1. The minimum absolute atomic E-state index is 0.459. The minimum Gasteiger partial charge on any atom is -0.492 e. The Morgan fingerprint density at radius 1 is 1.35 bits per heavy atom. The Balaban J connectivity index is 2.66. The molecule has 0 radical (unpaired) electrons. The second-order valence-corrected chi connectivity index (χ2v) is 4.64. The molecule has 0 fully saturated rings. The molecular formula is C14H24N2O. The fourth-order valence-corrected chi connectivity index (χ4v) is 1.48. The molecular weight excluding hydrogens is 212 g/mol. The molecule has 0 saturated carbocycles. The van der Waals surface area contributed by atoms with E-state index in [-0.39, 0.29) is 0 Å². The van der Waals surface area contributed by atoms with Gasteiger partial charge in [0.2, 0.25) is 0 Å². The fourth-order valence-electron chi connectivity index (χ4n) is 1.48. The Hall–Kier alpha value is -1.09. The van der Waals surface area contributed by atoms with Crippen molar-refractivity contribution in [2.75, 3.05) is 6.61 Å². The molecule has 1 aromatic rings. The van der Waals surface area contributed by atoms with Crippen LogP contribution in [0.2, 0.25) is 0 Å². The summed E-state index contributed by atoms with van der Waals surface area (Å²) in [6.07, 6.45) is 2.24. The largest absolute Gasteiger partial charge is 0.492 e. The molecule has 1 heterocycles. The molecule has 0 aliphatic heterocycles. The highest BCUT2D eigenvalue weighted by molar-refractivity contribution is 5.29. The van der Waals surface area contributed by atoms with E-state index < -0.39 is 0 Å². The first kappa shape index (κ1) is 14.0. The SMILES string of the molecule is CCCCOc1ccc(C)nc1CNC(C)C. The van der Waals surface area contributed by atoms with E-state index in [1.165, 1.54) is 0 Å². The molecule has 0 aliphatic carbocycles. The number of ether oxygens (including phenoxy) is 1. The Labute approximate surface area is 105 Å². The van der Waals surface area contributed by atoms with E-state index in [0.717, 1.165) is 43.1 Å². The van der Waals surface area contributed by atoms with Gasteiger partial charge in [-0.3, -0.25) is 4.98 Å². The van der Waals surface area contributed by atoms with Crippen LogP contribution >= 0.6 is 0 Å². The zero-order valence-electron chi connectivity index (χ0n) is 11.4. The third-order valence-electron chi connectivity index (χ3n) is 2.50. The number of hydrogen-bond acceptors (Lipinski definition) is 3. The molecule has 0 spiro atoms. The first-order valence-electron chi connectivity index (χ1n) is 6.46. The maximum atomic E-state index is 5.76. The van der Waals surface area contributed by atoms with Crippen LogP contribution in [-0.4, -0.2) is 17.6 Å². The van der Waals surface area contributed by atoms with E-state index in [2.05, 4.69) is 31.1 Å². The van der Waals surface area contributed by atoms with Crippen LogP contribution in [0.1, 0.15) is 45.0 Å². The van der Waals surface area contributed by atoms with Crippen LogP contribution in [-0.2, 0) is 6.54 Å². The summed E-state index contributed by atoms with van der Waals surface area (Å²) in [5.41, 5.74) is 2.04. The van der Waals surface area contributed by atoms with Crippen LogP contribution in [0.4, 0.5) is 0 Å². The van der Waals surface area contributed by atoms with Crippen molar-refractivity contribution in [3.8, 4) is 5.75 Å². The number of hydrogen-bond donors (Lipinski definition) is 1. The smallest absolute Gasteiger partial charge is 0.142 e. The summed E-state index contributed by atoms with van der Waals surface area (Å²) in [5, 5.41) is 3.38. The number of nitrogens with zero attached hydrogens (tertiary/aromatic N) is 1. The average Bonchev–Trinajstić information content (AvgIpc) is 2.29. The van der Waals surface area contributed by atoms with E-state index in [9.17, 15) is 0 Å². The highest BCUT2D eigenvalue weighted by Gasteiger charge is 2.06. The quantitative estimate of drug-likeness (QED) is 0.739. The summed E-state index contributed by atoms with van der Waals surface area (Å²) in [7, 11) is 0. The van der Waals surface area contributed by atoms with Crippen LogP contribution in [0.5, 0.6) is 5.75 Å². The van der Waals surface area contributed by atoms with Gasteiger partial charge in [0.15, 0.2) is 0 Å². The molecule has 0 unspecified atom stereocenters. The minimum atomic E-state index is 0.459. The second-order valence-electron chi connectivity index (χ2n) is 4.64. The van der Waals surface area contributed by atoms with Crippen LogP contribution in [0.3, 0.4) is 0 Å². The first-order chi connectivity index (χ1) is 8.13. The number of unbranched alkanes of at least 4 members (excludes halogenated alkanes) is 1. The Morgan fingerprint density at radius 3 is 2.76 bits per heavy atom. The topological polar surface area (TPSA) is 34.1 Å². The third-order valence-corrected chi connectivity index (χ3v) is 2.50. The van der Waals surface area contributed by atoms with E-state index in [0.29, 0.717) is 6.04 Å². The molecule has 17 heavy (non-hydrogen) atoms. The molecule has 3 nitrogen and oxygen atoms in total. The van der Waals surface area contributed by atoms with Gasteiger partial charge in [-0.2, -0.15) is 0 Å². The van der Waals surface area contributed by atoms with Gasteiger partial charge in [-0.25, -0.2) is 0 Å². The van der Waals surface area contributed by atoms with Crippen LogP contribution < -0.4 is 10.1 Å². The molecule has 1 rings (SSSR count). The van der Waals surface area contributed by atoms with Crippen LogP contribution in [0.25, 0.3) is 0 Å². The lowest BCUT2D eigenvalue weighted by Crippen LogP contribution is -2.23. The van der Waals surface area contributed by atoms with Gasteiger partial charge in [0.05, 0.1) is 12.3 Å². The highest BCUT2D eigenvalue weighted by Crippen LogP contribution is 2.17. The third kappa shape index (κ3) is 5.18. The standard InChI is InChI=1S/C14H24N2O/c1-5-6-9-17-14-8-7-12(4)16-13(14)10-15-11(2)3/h7-8,11,15H,5-6,9-10H2,1-4H3. The van der Waals surface area contributed by atoms with E-state index in [1.54, 1.807) is 0 Å². The molecule has 1 aromatic heterocycles. The summed E-state index contributed by atoms with van der Waals surface area (Å²) >= 11 is 0. The molecule has 1 N–H and O–H groups in total. The van der Waals surface area contributed by atoms with E-state index >= 15 is 0 Å². The number of aromatic nitrogens is 1. The lowest BCUT2D eigenvalue weighted by molar-refractivity contribution is 0.303. The van der Waals surface area contributed by atoms with Crippen molar-refractivity contribution in [2.45, 2.75) is 53.1 Å². The van der Waals surface area contributed by atoms with Crippen molar-refractivity contribution in [3.05, 3.63) is 23.5 Å². The van der Waals surface area contributed by atoms with Crippen molar-refractivity contribution in [1.82, 2.24) is 10.3 Å². The number of aryl methyl sites for hydroxylation is 1. The van der Waals surface area contributed by atoms with E-state index in [4.69, 9.17) is 4.74 Å². The second kappa shape index (κ2) is 7.28. The van der Waals surface area contributed by atoms with Gasteiger partial charge >= 0.3 is 0 Å². The predicted octanol–water partition coefficient (Wildman–Crippen LogP) is 3.07. The lowest BCUT2D eigenvalue weighted by atomic mass is 10.2. The zero-order valence-corrected chi connectivity index (χ0v) is 11.4. The van der Waals surface area contributed by atoms with Gasteiger partial charge < -0.3 is 10.1 Å². The van der Waals surface area contributed by atoms with Crippen molar-refractivity contribution in [1.29, 1.82) is 0 Å². The highest BCUT2D eigenvalue weighted by atomic mass is 16.5. The van der Waals surface area contributed by atoms with Gasteiger partial charge in [-0.15, -0.1) is 0 Å². The monoisotopic (exact) mass is 236 g/mol. The molecule has 3 heteroatoms.